The average Bonchev–Trinajstić information content (AvgIpc) is 3.26. The third-order valence-electron chi connectivity index (χ3n) is 5.91. The Balaban J connectivity index is 1.55. The largest absolute Gasteiger partial charge is 0.328 e. The van der Waals surface area contributed by atoms with Crippen LogP contribution in [-0.2, 0) is 13.1 Å². The van der Waals surface area contributed by atoms with Gasteiger partial charge in [-0.05, 0) is 66.8 Å². The molecule has 34 heavy (non-hydrogen) atoms. The fraction of sp³-hybridized carbons (Fsp3) is 0.148. The Labute approximate surface area is 201 Å². The smallest absolute Gasteiger partial charge is 0.274 e. The van der Waals surface area contributed by atoms with Crippen molar-refractivity contribution < 1.29 is 4.79 Å². The number of aryl methyl sites for hydroxylation is 2. The van der Waals surface area contributed by atoms with Gasteiger partial charge < -0.3 is 14.3 Å². The number of nitrogens with one attached hydrogen (secondary N) is 1. The number of amides is 1. The quantitative estimate of drug-likeness (QED) is 0.379. The maximum absolute atomic E-state index is 13.6. The summed E-state index contributed by atoms with van der Waals surface area (Å²) in [6.07, 6.45) is 3.60. The lowest BCUT2D eigenvalue weighted by Gasteiger charge is -2.22. The molecule has 0 unspecified atom stereocenters. The van der Waals surface area contributed by atoms with Gasteiger partial charge in [0.2, 0.25) is 0 Å². The predicted octanol–water partition coefficient (Wildman–Crippen LogP) is 5.29. The number of rotatable bonds is 5. The molecule has 5 rings (SSSR count). The molecule has 170 valence electrons. The van der Waals surface area contributed by atoms with Crippen LogP contribution in [-0.4, -0.2) is 25.2 Å². The van der Waals surface area contributed by atoms with E-state index in [9.17, 15) is 9.59 Å². The lowest BCUT2D eigenvalue weighted by atomic mass is 10.1. The number of aromatic nitrogens is 3. The number of aromatic amines is 1. The number of halogens is 1. The van der Waals surface area contributed by atoms with Crippen LogP contribution in [0.4, 0.5) is 0 Å². The summed E-state index contributed by atoms with van der Waals surface area (Å²) in [6.45, 7) is 4.42. The summed E-state index contributed by atoms with van der Waals surface area (Å²) in [5, 5.41) is 1.55. The minimum atomic E-state index is -0.248. The molecular weight excluding hydrogens is 448 g/mol. The molecule has 0 aliphatic carbocycles. The Morgan fingerprint density at radius 3 is 2.62 bits per heavy atom. The van der Waals surface area contributed by atoms with Gasteiger partial charge in [-0.1, -0.05) is 41.4 Å². The number of carbonyl (C=O) groups is 1. The first-order valence-electron chi connectivity index (χ1n) is 11.0. The van der Waals surface area contributed by atoms with E-state index in [-0.39, 0.29) is 18.0 Å². The first-order chi connectivity index (χ1) is 16.4. The van der Waals surface area contributed by atoms with Gasteiger partial charge in [0, 0.05) is 35.0 Å². The van der Waals surface area contributed by atoms with E-state index in [2.05, 4.69) is 9.97 Å². The molecule has 6 nitrogen and oxygen atoms in total. The van der Waals surface area contributed by atoms with Gasteiger partial charge in [-0.25, -0.2) is 4.98 Å². The normalized spacial score (nSPS) is 11.3. The highest BCUT2D eigenvalue weighted by Crippen LogP contribution is 2.19. The van der Waals surface area contributed by atoms with Gasteiger partial charge in [-0.3, -0.25) is 9.59 Å². The predicted molar refractivity (Wildman–Crippen MR) is 134 cm³/mol. The summed E-state index contributed by atoms with van der Waals surface area (Å²) < 4.78 is 1.84. The van der Waals surface area contributed by atoms with E-state index in [1.165, 1.54) is 0 Å². The molecule has 0 aliphatic rings. The molecule has 0 saturated carbocycles. The van der Waals surface area contributed by atoms with Crippen molar-refractivity contribution in [1.82, 2.24) is 19.3 Å². The Bertz CT molecular complexity index is 1580. The zero-order valence-corrected chi connectivity index (χ0v) is 19.6. The summed E-state index contributed by atoms with van der Waals surface area (Å²) in [4.78, 5) is 35.7. The fourth-order valence-electron chi connectivity index (χ4n) is 4.12. The molecule has 0 fully saturated rings. The third-order valence-corrected chi connectivity index (χ3v) is 6.16. The first kappa shape index (κ1) is 21.9. The number of H-pyrrole nitrogens is 1. The van der Waals surface area contributed by atoms with E-state index in [4.69, 9.17) is 11.6 Å². The Hall–Kier alpha value is -3.90. The second-order valence-electron chi connectivity index (χ2n) is 8.55. The van der Waals surface area contributed by atoms with Crippen molar-refractivity contribution in [2.45, 2.75) is 26.9 Å². The van der Waals surface area contributed by atoms with Crippen molar-refractivity contribution in [2.75, 3.05) is 0 Å². The minimum absolute atomic E-state index is 0.146. The molecule has 0 saturated heterocycles. The van der Waals surface area contributed by atoms with Crippen LogP contribution < -0.4 is 5.56 Å². The van der Waals surface area contributed by atoms with E-state index in [1.807, 2.05) is 73.0 Å². The minimum Gasteiger partial charge on any atom is -0.328 e. The van der Waals surface area contributed by atoms with Crippen molar-refractivity contribution in [1.29, 1.82) is 0 Å². The SMILES string of the molecule is Cc1ccc2[nH]c(=O)c(CN(Cc3ccc(Cl)cc3)C(=O)c3cn4cccc(C)c4n3)cc2c1. The van der Waals surface area contributed by atoms with Crippen LogP contribution in [0.2, 0.25) is 5.02 Å². The van der Waals surface area contributed by atoms with E-state index >= 15 is 0 Å². The van der Waals surface area contributed by atoms with Gasteiger partial charge in [0.05, 0.1) is 6.54 Å². The molecule has 0 radical (unpaired) electrons. The molecule has 3 heterocycles. The number of hydrogen-bond donors (Lipinski definition) is 1. The van der Waals surface area contributed by atoms with E-state index in [0.29, 0.717) is 22.8 Å². The van der Waals surface area contributed by atoms with Crippen molar-refractivity contribution in [3.8, 4) is 0 Å². The van der Waals surface area contributed by atoms with Gasteiger partial charge in [0.1, 0.15) is 11.3 Å². The number of benzene rings is 2. The van der Waals surface area contributed by atoms with Crippen LogP contribution >= 0.6 is 11.6 Å². The fourth-order valence-corrected chi connectivity index (χ4v) is 4.25. The van der Waals surface area contributed by atoms with Crippen LogP contribution in [0, 0.1) is 13.8 Å². The van der Waals surface area contributed by atoms with E-state index in [0.717, 1.165) is 33.2 Å². The first-order valence-corrected chi connectivity index (χ1v) is 11.4. The molecule has 1 N–H and O–H groups in total. The second-order valence-corrected chi connectivity index (χ2v) is 8.99. The number of pyridine rings is 2. The summed E-state index contributed by atoms with van der Waals surface area (Å²) in [7, 11) is 0. The Morgan fingerprint density at radius 2 is 1.85 bits per heavy atom. The average molecular weight is 471 g/mol. The number of fused-ring (bicyclic) bond motifs is 2. The van der Waals surface area contributed by atoms with Crippen molar-refractivity contribution in [3.05, 3.63) is 116 Å². The zero-order chi connectivity index (χ0) is 23.8. The molecule has 0 spiro atoms. The third kappa shape index (κ3) is 4.32. The number of carbonyl (C=O) groups excluding carboxylic acids is 1. The number of nitrogens with zero attached hydrogens (tertiary/aromatic N) is 3. The monoisotopic (exact) mass is 470 g/mol. The van der Waals surface area contributed by atoms with Crippen LogP contribution in [0.3, 0.4) is 0 Å². The van der Waals surface area contributed by atoms with Crippen LogP contribution in [0.25, 0.3) is 16.6 Å². The van der Waals surface area contributed by atoms with Gasteiger partial charge in [-0.2, -0.15) is 0 Å². The van der Waals surface area contributed by atoms with Crippen LogP contribution in [0.5, 0.6) is 0 Å². The van der Waals surface area contributed by atoms with Crippen molar-refractivity contribution in [2.24, 2.45) is 0 Å². The van der Waals surface area contributed by atoms with Gasteiger partial charge >= 0.3 is 0 Å². The Morgan fingerprint density at radius 1 is 1.06 bits per heavy atom. The summed E-state index contributed by atoms with van der Waals surface area (Å²) >= 11 is 6.05. The zero-order valence-electron chi connectivity index (χ0n) is 18.9. The highest BCUT2D eigenvalue weighted by atomic mass is 35.5. The lowest BCUT2D eigenvalue weighted by Crippen LogP contribution is -2.32. The van der Waals surface area contributed by atoms with Gasteiger partial charge in [0.15, 0.2) is 0 Å². The molecule has 2 aromatic carbocycles. The standard InChI is InChI=1S/C27H23ClN4O2/c1-17-5-10-23-20(12-17)13-21(26(33)30-23)15-32(14-19-6-8-22(28)9-7-19)27(34)24-16-31-11-3-4-18(2)25(31)29-24/h3-13,16H,14-15H2,1-2H3,(H,30,33). The molecular formula is C27H23ClN4O2. The lowest BCUT2D eigenvalue weighted by molar-refractivity contribution is 0.0724. The highest BCUT2D eigenvalue weighted by molar-refractivity contribution is 6.30. The van der Waals surface area contributed by atoms with Crippen LogP contribution in [0.1, 0.15) is 32.7 Å². The maximum atomic E-state index is 13.6. The molecule has 1 amide bonds. The summed E-state index contributed by atoms with van der Waals surface area (Å²) in [5.41, 5.74) is 5.12. The van der Waals surface area contributed by atoms with Crippen molar-refractivity contribution >= 4 is 34.1 Å². The molecule has 0 bridgehead atoms. The van der Waals surface area contributed by atoms with Gasteiger partial charge in [-0.15, -0.1) is 0 Å². The number of hydrogen-bond acceptors (Lipinski definition) is 3. The second kappa shape index (κ2) is 8.80. The molecule has 7 heteroatoms. The Kier molecular flexibility index (Phi) is 5.67. The maximum Gasteiger partial charge on any atom is 0.274 e. The molecule has 5 aromatic rings. The molecule has 0 atom stereocenters. The molecule has 0 aliphatic heterocycles. The van der Waals surface area contributed by atoms with Crippen LogP contribution in [0.15, 0.2) is 77.9 Å². The highest BCUT2D eigenvalue weighted by Gasteiger charge is 2.21. The molecule has 3 aromatic heterocycles. The summed E-state index contributed by atoms with van der Waals surface area (Å²) in [6, 6.07) is 18.9. The van der Waals surface area contributed by atoms with E-state index < -0.39 is 0 Å². The van der Waals surface area contributed by atoms with Gasteiger partial charge in [0.25, 0.3) is 11.5 Å². The number of imidazole rings is 1. The summed E-state index contributed by atoms with van der Waals surface area (Å²) in [5.74, 6) is -0.248. The topological polar surface area (TPSA) is 70.5 Å². The van der Waals surface area contributed by atoms with E-state index in [1.54, 1.807) is 23.2 Å². The van der Waals surface area contributed by atoms with Crippen molar-refractivity contribution in [3.63, 3.8) is 0 Å².